The molecule has 0 radical (unpaired) electrons. The lowest BCUT2D eigenvalue weighted by Gasteiger charge is -2.11. The lowest BCUT2D eigenvalue weighted by molar-refractivity contribution is 0.103. The van der Waals surface area contributed by atoms with Crippen molar-refractivity contribution in [2.45, 2.75) is 27.7 Å². The highest BCUT2D eigenvalue weighted by Gasteiger charge is 2.15. The van der Waals surface area contributed by atoms with E-state index in [4.69, 9.17) is 0 Å². The first-order chi connectivity index (χ1) is 9.36. The molecule has 0 fully saturated rings. The third kappa shape index (κ3) is 2.20. The van der Waals surface area contributed by atoms with E-state index >= 15 is 0 Å². The Morgan fingerprint density at radius 3 is 2.35 bits per heavy atom. The van der Waals surface area contributed by atoms with Gasteiger partial charge in [-0.2, -0.15) is 0 Å². The van der Waals surface area contributed by atoms with Crippen LogP contribution in [-0.4, -0.2) is 10.4 Å². The van der Waals surface area contributed by atoms with Gasteiger partial charge in [0.25, 0.3) is 5.56 Å². The molecule has 0 spiro atoms. The van der Waals surface area contributed by atoms with Crippen LogP contribution in [0.3, 0.4) is 0 Å². The summed E-state index contributed by atoms with van der Waals surface area (Å²) in [5.41, 5.74) is 3.72. The van der Waals surface area contributed by atoms with Gasteiger partial charge in [0.15, 0.2) is 5.78 Å². The van der Waals surface area contributed by atoms with Crippen LogP contribution in [0.25, 0.3) is 10.9 Å². The third-order valence-electron chi connectivity index (χ3n) is 3.88. The van der Waals surface area contributed by atoms with Crippen LogP contribution in [0.2, 0.25) is 0 Å². The van der Waals surface area contributed by atoms with E-state index in [1.165, 1.54) is 0 Å². The SMILES string of the molecule is C/C=C(\C)C(=O)c1cc2cc(C)c(C)cc2n(C)c1=O. The van der Waals surface area contributed by atoms with Crippen molar-refractivity contribution in [2.24, 2.45) is 7.05 Å². The number of rotatable bonds is 2. The maximum Gasteiger partial charge on any atom is 0.262 e. The van der Waals surface area contributed by atoms with Crippen molar-refractivity contribution in [3.63, 3.8) is 0 Å². The lowest BCUT2D eigenvalue weighted by Crippen LogP contribution is -2.25. The fourth-order valence-electron chi connectivity index (χ4n) is 2.24. The van der Waals surface area contributed by atoms with E-state index in [1.807, 2.05) is 26.0 Å². The summed E-state index contributed by atoms with van der Waals surface area (Å²) in [6, 6.07) is 5.72. The molecule has 1 aromatic heterocycles. The molecule has 0 aliphatic heterocycles. The number of Topliss-reactive ketones (excluding diaryl/α,β-unsaturated/α-hetero) is 1. The first-order valence-corrected chi connectivity index (χ1v) is 6.65. The normalized spacial score (nSPS) is 11.9. The van der Waals surface area contributed by atoms with Gasteiger partial charge in [-0.25, -0.2) is 0 Å². The minimum Gasteiger partial charge on any atom is -0.311 e. The summed E-state index contributed by atoms with van der Waals surface area (Å²) in [5, 5.41) is 0.919. The minimum absolute atomic E-state index is 0.201. The number of aromatic nitrogens is 1. The molecule has 0 atom stereocenters. The zero-order chi connectivity index (χ0) is 15.0. The largest absolute Gasteiger partial charge is 0.311 e. The monoisotopic (exact) mass is 269 g/mol. The molecule has 0 saturated carbocycles. The Morgan fingerprint density at radius 2 is 1.75 bits per heavy atom. The Labute approximate surface area is 118 Å². The predicted octanol–water partition coefficient (Wildman–Crippen LogP) is 3.30. The molecule has 2 aromatic rings. The summed E-state index contributed by atoms with van der Waals surface area (Å²) < 4.78 is 1.55. The van der Waals surface area contributed by atoms with Crippen molar-refractivity contribution in [1.29, 1.82) is 0 Å². The van der Waals surface area contributed by atoms with Gasteiger partial charge in [0, 0.05) is 7.05 Å². The molecule has 0 unspecified atom stereocenters. The molecule has 0 amide bonds. The summed E-state index contributed by atoms with van der Waals surface area (Å²) in [6.45, 7) is 7.57. The van der Waals surface area contributed by atoms with Crippen LogP contribution in [-0.2, 0) is 7.05 Å². The molecule has 0 N–H and O–H groups in total. The second-order valence-electron chi connectivity index (χ2n) is 5.22. The number of fused-ring (bicyclic) bond motifs is 1. The van der Waals surface area contributed by atoms with Crippen molar-refractivity contribution in [3.05, 3.63) is 56.9 Å². The van der Waals surface area contributed by atoms with Gasteiger partial charge in [-0.15, -0.1) is 0 Å². The zero-order valence-electron chi connectivity index (χ0n) is 12.6. The van der Waals surface area contributed by atoms with Crippen molar-refractivity contribution < 1.29 is 4.79 Å². The molecule has 0 bridgehead atoms. The highest BCUT2D eigenvalue weighted by Crippen LogP contribution is 2.19. The van der Waals surface area contributed by atoms with Crippen LogP contribution in [0, 0.1) is 13.8 Å². The molecule has 1 heterocycles. The van der Waals surface area contributed by atoms with Gasteiger partial charge in [-0.05, 0) is 68.0 Å². The quantitative estimate of drug-likeness (QED) is 0.620. The van der Waals surface area contributed by atoms with E-state index in [2.05, 4.69) is 0 Å². The Bertz CT molecular complexity index is 795. The topological polar surface area (TPSA) is 39.1 Å². The number of allylic oxidation sites excluding steroid dienone is 2. The van der Waals surface area contributed by atoms with Crippen molar-refractivity contribution in [1.82, 2.24) is 4.57 Å². The second kappa shape index (κ2) is 5.08. The summed E-state index contributed by atoms with van der Waals surface area (Å²) in [6.07, 6.45) is 1.73. The van der Waals surface area contributed by atoms with Gasteiger partial charge in [0.2, 0.25) is 0 Å². The van der Waals surface area contributed by atoms with Crippen molar-refractivity contribution >= 4 is 16.7 Å². The van der Waals surface area contributed by atoms with Crippen molar-refractivity contribution in [3.8, 4) is 0 Å². The molecule has 0 saturated heterocycles. The van der Waals surface area contributed by atoms with Gasteiger partial charge in [0.1, 0.15) is 0 Å². The van der Waals surface area contributed by atoms with E-state index in [9.17, 15) is 9.59 Å². The molecule has 104 valence electrons. The van der Waals surface area contributed by atoms with Crippen LogP contribution in [0.15, 0.2) is 34.6 Å². The van der Waals surface area contributed by atoms with Gasteiger partial charge >= 0.3 is 0 Å². The molecule has 3 nitrogen and oxygen atoms in total. The van der Waals surface area contributed by atoms with E-state index < -0.39 is 0 Å². The van der Waals surface area contributed by atoms with Crippen LogP contribution in [0.1, 0.15) is 35.3 Å². The van der Waals surface area contributed by atoms with E-state index in [1.54, 1.807) is 37.6 Å². The number of pyridine rings is 1. The number of aryl methyl sites for hydroxylation is 3. The zero-order valence-corrected chi connectivity index (χ0v) is 12.6. The first-order valence-electron chi connectivity index (χ1n) is 6.65. The molecule has 20 heavy (non-hydrogen) atoms. The summed E-state index contributed by atoms with van der Waals surface area (Å²) in [5.74, 6) is -0.201. The van der Waals surface area contributed by atoms with Gasteiger partial charge in [-0.1, -0.05) is 6.08 Å². The Balaban J connectivity index is 2.83. The number of hydrogen-bond acceptors (Lipinski definition) is 2. The number of hydrogen-bond donors (Lipinski definition) is 0. The Hall–Kier alpha value is -2.16. The maximum atomic E-state index is 12.4. The van der Waals surface area contributed by atoms with E-state index in [0.29, 0.717) is 5.57 Å². The molecular weight excluding hydrogens is 250 g/mol. The van der Waals surface area contributed by atoms with Crippen LogP contribution >= 0.6 is 0 Å². The first kappa shape index (κ1) is 14.3. The fraction of sp³-hybridized carbons (Fsp3) is 0.294. The number of carbonyl (C=O) groups excluding carboxylic acids is 1. The summed E-state index contributed by atoms with van der Waals surface area (Å²) in [4.78, 5) is 24.6. The van der Waals surface area contributed by atoms with Gasteiger partial charge in [0.05, 0.1) is 11.1 Å². The number of carbonyl (C=O) groups is 1. The highest BCUT2D eigenvalue weighted by molar-refractivity contribution is 6.09. The van der Waals surface area contributed by atoms with Crippen LogP contribution in [0.5, 0.6) is 0 Å². The number of nitrogens with zero attached hydrogens (tertiary/aromatic N) is 1. The minimum atomic E-state index is -0.244. The molecule has 2 rings (SSSR count). The lowest BCUT2D eigenvalue weighted by atomic mass is 10.0. The second-order valence-corrected chi connectivity index (χ2v) is 5.22. The molecule has 3 heteroatoms. The molecule has 0 aliphatic carbocycles. The van der Waals surface area contributed by atoms with Crippen LogP contribution < -0.4 is 5.56 Å². The van der Waals surface area contributed by atoms with E-state index in [-0.39, 0.29) is 16.9 Å². The van der Waals surface area contributed by atoms with Gasteiger partial charge < -0.3 is 4.57 Å². The number of ketones is 1. The predicted molar refractivity (Wildman–Crippen MR) is 82.4 cm³/mol. The molecular formula is C17H19NO2. The van der Waals surface area contributed by atoms with Crippen molar-refractivity contribution in [2.75, 3.05) is 0 Å². The van der Waals surface area contributed by atoms with E-state index in [0.717, 1.165) is 22.0 Å². The van der Waals surface area contributed by atoms with Crippen LogP contribution in [0.4, 0.5) is 0 Å². The summed E-state index contributed by atoms with van der Waals surface area (Å²) >= 11 is 0. The Kier molecular flexibility index (Phi) is 3.62. The Morgan fingerprint density at radius 1 is 1.15 bits per heavy atom. The summed E-state index contributed by atoms with van der Waals surface area (Å²) in [7, 11) is 1.71. The fourth-order valence-corrected chi connectivity index (χ4v) is 2.24. The van der Waals surface area contributed by atoms with Gasteiger partial charge in [-0.3, -0.25) is 9.59 Å². The highest BCUT2D eigenvalue weighted by atomic mass is 16.1. The maximum absolute atomic E-state index is 12.4. The average Bonchev–Trinajstić information content (AvgIpc) is 2.43. The average molecular weight is 269 g/mol. The molecule has 0 aliphatic rings. The molecule has 1 aromatic carbocycles. The number of benzene rings is 1. The standard InChI is InChI=1S/C17H19NO2/c1-6-10(2)16(19)14-9-13-7-11(3)12(4)8-15(13)18(5)17(14)20/h6-9H,1-5H3/b10-6+. The third-order valence-corrected chi connectivity index (χ3v) is 3.88. The smallest absolute Gasteiger partial charge is 0.262 e.